The number of aromatic nitrogens is 2. The largest absolute Gasteiger partial charge is 0.497 e. The van der Waals surface area contributed by atoms with Gasteiger partial charge in [-0.15, -0.1) is 0 Å². The van der Waals surface area contributed by atoms with Crippen molar-refractivity contribution < 1.29 is 14.3 Å². The number of carbonyl (C=O) groups is 1. The number of carbonyl (C=O) groups excluding carboxylic acids is 1. The number of nitrogens with zero attached hydrogens (tertiary/aromatic N) is 1. The van der Waals surface area contributed by atoms with Gasteiger partial charge in [0.1, 0.15) is 5.75 Å². The fourth-order valence-corrected chi connectivity index (χ4v) is 3.28. The summed E-state index contributed by atoms with van der Waals surface area (Å²) in [5.74, 6) is 0.532. The monoisotopic (exact) mass is 413 g/mol. The SMILES string of the molecule is COCCCn1c(=S)[nH]c2cc(C(=O)NCc3ccc(OC)cc3)ccc2c1=O. The van der Waals surface area contributed by atoms with E-state index in [4.69, 9.17) is 21.7 Å². The second-order valence-corrected chi connectivity index (χ2v) is 6.91. The van der Waals surface area contributed by atoms with E-state index < -0.39 is 0 Å². The van der Waals surface area contributed by atoms with Crippen molar-refractivity contribution in [1.82, 2.24) is 14.9 Å². The summed E-state index contributed by atoms with van der Waals surface area (Å²) in [6.07, 6.45) is 0.686. The molecule has 3 rings (SSSR count). The number of rotatable bonds is 8. The van der Waals surface area contributed by atoms with Crippen molar-refractivity contribution in [2.45, 2.75) is 19.5 Å². The summed E-state index contributed by atoms with van der Waals surface area (Å²) in [5, 5.41) is 3.36. The van der Waals surface area contributed by atoms with E-state index in [1.807, 2.05) is 24.3 Å². The van der Waals surface area contributed by atoms with Crippen molar-refractivity contribution in [1.29, 1.82) is 0 Å². The van der Waals surface area contributed by atoms with Gasteiger partial charge < -0.3 is 19.8 Å². The predicted molar refractivity (Wildman–Crippen MR) is 114 cm³/mol. The molecule has 8 heteroatoms. The summed E-state index contributed by atoms with van der Waals surface area (Å²) in [6.45, 7) is 1.41. The zero-order valence-corrected chi connectivity index (χ0v) is 17.2. The number of fused-ring (bicyclic) bond motifs is 1. The molecule has 2 aromatic carbocycles. The van der Waals surface area contributed by atoms with Gasteiger partial charge in [-0.1, -0.05) is 12.1 Å². The van der Waals surface area contributed by atoms with Crippen molar-refractivity contribution in [2.24, 2.45) is 0 Å². The van der Waals surface area contributed by atoms with Crippen LogP contribution in [0.15, 0.2) is 47.3 Å². The molecule has 0 saturated heterocycles. The Balaban J connectivity index is 1.77. The quantitative estimate of drug-likeness (QED) is 0.438. The number of aromatic amines is 1. The van der Waals surface area contributed by atoms with Crippen molar-refractivity contribution in [3.05, 3.63) is 68.7 Å². The summed E-state index contributed by atoms with van der Waals surface area (Å²) in [4.78, 5) is 28.3. The van der Waals surface area contributed by atoms with E-state index in [1.165, 1.54) is 4.57 Å². The minimum absolute atomic E-state index is 0.176. The molecule has 1 amide bonds. The Morgan fingerprint density at radius 2 is 1.93 bits per heavy atom. The van der Waals surface area contributed by atoms with Gasteiger partial charge in [-0.25, -0.2) is 0 Å². The Bertz CT molecular complexity index is 1120. The molecule has 0 aliphatic rings. The van der Waals surface area contributed by atoms with Crippen LogP contribution in [-0.4, -0.2) is 36.3 Å². The van der Waals surface area contributed by atoms with Crippen LogP contribution in [0.1, 0.15) is 22.3 Å². The van der Waals surface area contributed by atoms with Crippen molar-refractivity contribution in [2.75, 3.05) is 20.8 Å². The fraction of sp³-hybridized carbons (Fsp3) is 0.286. The molecule has 0 aliphatic carbocycles. The van der Waals surface area contributed by atoms with Crippen molar-refractivity contribution in [3.63, 3.8) is 0 Å². The summed E-state index contributed by atoms with van der Waals surface area (Å²) in [5.41, 5.74) is 1.77. The first kappa shape index (κ1) is 20.8. The Kier molecular flexibility index (Phi) is 6.79. The van der Waals surface area contributed by atoms with Gasteiger partial charge in [0.15, 0.2) is 4.77 Å². The number of H-pyrrole nitrogens is 1. The summed E-state index contributed by atoms with van der Waals surface area (Å²) in [6, 6.07) is 12.4. The van der Waals surface area contributed by atoms with E-state index in [1.54, 1.807) is 32.4 Å². The molecule has 3 aromatic rings. The smallest absolute Gasteiger partial charge is 0.262 e. The highest BCUT2D eigenvalue weighted by Crippen LogP contribution is 2.13. The predicted octanol–water partition coefficient (Wildman–Crippen LogP) is 3.03. The molecule has 0 unspecified atom stereocenters. The maximum absolute atomic E-state index is 12.7. The zero-order chi connectivity index (χ0) is 20.8. The lowest BCUT2D eigenvalue weighted by atomic mass is 10.1. The average molecular weight is 413 g/mol. The van der Waals surface area contributed by atoms with Crippen LogP contribution in [-0.2, 0) is 17.8 Å². The number of amides is 1. The lowest BCUT2D eigenvalue weighted by Crippen LogP contribution is -2.24. The second kappa shape index (κ2) is 9.49. The van der Waals surface area contributed by atoms with Crippen LogP contribution in [0.3, 0.4) is 0 Å². The van der Waals surface area contributed by atoms with E-state index in [9.17, 15) is 9.59 Å². The van der Waals surface area contributed by atoms with Gasteiger partial charge in [0.2, 0.25) is 0 Å². The van der Waals surface area contributed by atoms with E-state index >= 15 is 0 Å². The highest BCUT2D eigenvalue weighted by molar-refractivity contribution is 7.71. The second-order valence-electron chi connectivity index (χ2n) is 6.52. The molecule has 0 atom stereocenters. The number of hydrogen-bond donors (Lipinski definition) is 2. The molecule has 7 nitrogen and oxygen atoms in total. The summed E-state index contributed by atoms with van der Waals surface area (Å²) in [7, 11) is 3.22. The molecule has 0 aliphatic heterocycles. The third-order valence-corrected chi connectivity index (χ3v) is 4.91. The highest BCUT2D eigenvalue weighted by atomic mass is 32.1. The van der Waals surface area contributed by atoms with Crippen LogP contribution in [0, 0.1) is 4.77 Å². The van der Waals surface area contributed by atoms with Gasteiger partial charge in [0, 0.05) is 32.4 Å². The zero-order valence-electron chi connectivity index (χ0n) is 16.4. The molecule has 0 saturated carbocycles. The van der Waals surface area contributed by atoms with Crippen LogP contribution < -0.4 is 15.6 Å². The van der Waals surface area contributed by atoms with E-state index in [0.29, 0.717) is 47.4 Å². The minimum Gasteiger partial charge on any atom is -0.497 e. The highest BCUT2D eigenvalue weighted by Gasteiger charge is 2.10. The molecule has 1 aromatic heterocycles. The first-order valence-electron chi connectivity index (χ1n) is 9.20. The Morgan fingerprint density at radius 3 is 2.62 bits per heavy atom. The lowest BCUT2D eigenvalue weighted by molar-refractivity contribution is 0.0951. The van der Waals surface area contributed by atoms with Gasteiger partial charge in [0.05, 0.1) is 18.0 Å². The Labute approximate surface area is 173 Å². The Hall–Kier alpha value is -2.97. The minimum atomic E-state index is -0.230. The van der Waals surface area contributed by atoms with Gasteiger partial charge in [-0.3, -0.25) is 14.2 Å². The average Bonchev–Trinajstić information content (AvgIpc) is 2.74. The number of hydrogen-bond acceptors (Lipinski definition) is 5. The van der Waals surface area contributed by atoms with Crippen LogP contribution in [0.2, 0.25) is 0 Å². The third kappa shape index (κ3) is 4.90. The Morgan fingerprint density at radius 1 is 1.17 bits per heavy atom. The van der Waals surface area contributed by atoms with Crippen LogP contribution in [0.5, 0.6) is 5.75 Å². The molecule has 0 radical (unpaired) electrons. The molecule has 29 heavy (non-hydrogen) atoms. The number of benzene rings is 2. The third-order valence-electron chi connectivity index (χ3n) is 4.59. The normalized spacial score (nSPS) is 10.8. The molecule has 0 fully saturated rings. The fourth-order valence-electron chi connectivity index (χ4n) is 2.99. The van der Waals surface area contributed by atoms with Crippen LogP contribution in [0.4, 0.5) is 0 Å². The topological polar surface area (TPSA) is 85.3 Å². The molecular weight excluding hydrogens is 390 g/mol. The van der Waals surface area contributed by atoms with Gasteiger partial charge in [-0.2, -0.15) is 0 Å². The van der Waals surface area contributed by atoms with E-state index in [2.05, 4.69) is 10.3 Å². The van der Waals surface area contributed by atoms with Gasteiger partial charge >= 0.3 is 0 Å². The van der Waals surface area contributed by atoms with Gasteiger partial charge in [0.25, 0.3) is 11.5 Å². The molecule has 0 spiro atoms. The van der Waals surface area contributed by atoms with Crippen LogP contribution in [0.25, 0.3) is 10.9 Å². The first-order valence-corrected chi connectivity index (χ1v) is 9.61. The number of methoxy groups -OCH3 is 2. The summed E-state index contributed by atoms with van der Waals surface area (Å²) < 4.78 is 12.0. The van der Waals surface area contributed by atoms with Crippen molar-refractivity contribution >= 4 is 29.0 Å². The van der Waals surface area contributed by atoms with Gasteiger partial charge in [-0.05, 0) is 54.5 Å². The standard InChI is InChI=1S/C21H23N3O4S/c1-27-11-3-10-24-20(26)17-9-6-15(12-18(17)23-21(24)29)19(25)22-13-14-4-7-16(28-2)8-5-14/h4-9,12H,3,10-11,13H2,1-2H3,(H,22,25)(H,23,29). The molecule has 2 N–H and O–H groups in total. The van der Waals surface area contributed by atoms with Crippen molar-refractivity contribution in [3.8, 4) is 5.75 Å². The number of nitrogens with one attached hydrogen (secondary N) is 2. The van der Waals surface area contributed by atoms with Crippen LogP contribution >= 0.6 is 12.2 Å². The lowest BCUT2D eigenvalue weighted by Gasteiger charge is -2.10. The first-order chi connectivity index (χ1) is 14.0. The molecule has 152 valence electrons. The van der Waals surface area contributed by atoms with E-state index in [0.717, 1.165) is 11.3 Å². The van der Waals surface area contributed by atoms with E-state index in [-0.39, 0.29) is 11.5 Å². The molecule has 1 heterocycles. The maximum atomic E-state index is 12.7. The molecular formula is C21H23N3O4S. The number of ether oxygens (including phenoxy) is 2. The molecule has 0 bridgehead atoms. The summed E-state index contributed by atoms with van der Waals surface area (Å²) >= 11 is 5.32. The maximum Gasteiger partial charge on any atom is 0.262 e.